The zero-order chi connectivity index (χ0) is 37.7. The Labute approximate surface area is 323 Å². The van der Waals surface area contributed by atoms with E-state index in [2.05, 4.69) is 106 Å². The molecule has 2 aliphatic carbocycles. The number of aromatic nitrogens is 1. The van der Waals surface area contributed by atoms with Gasteiger partial charge in [-0.15, -0.1) is 0 Å². The summed E-state index contributed by atoms with van der Waals surface area (Å²) in [6.45, 7) is 4.02. The Hall–Kier alpha value is -5.06. The summed E-state index contributed by atoms with van der Waals surface area (Å²) in [6, 6.07) is 32.7. The van der Waals surface area contributed by atoms with Gasteiger partial charge in [0.05, 0.1) is 17.1 Å². The van der Waals surface area contributed by atoms with E-state index in [0.29, 0.717) is 31.6 Å². The van der Waals surface area contributed by atoms with Crippen LogP contribution in [0.3, 0.4) is 0 Å². The lowest BCUT2D eigenvalue weighted by Gasteiger charge is -2.34. The van der Waals surface area contributed by atoms with E-state index in [0.717, 1.165) is 52.6 Å². The second-order valence-electron chi connectivity index (χ2n) is 14.8. The molecule has 8 rings (SSSR count). The molecule has 0 amide bonds. The van der Waals surface area contributed by atoms with Crippen LogP contribution < -0.4 is 10.8 Å². The van der Waals surface area contributed by atoms with E-state index in [9.17, 15) is 20.1 Å². The lowest BCUT2D eigenvalue weighted by atomic mass is 9.64. The van der Waals surface area contributed by atoms with Gasteiger partial charge in [-0.2, -0.15) is 0 Å². The zero-order valence-electron chi connectivity index (χ0n) is 30.8. The minimum atomic E-state index is -1.57. The van der Waals surface area contributed by atoms with Crippen LogP contribution >= 0.6 is 0 Å². The topological polar surface area (TPSA) is 112 Å². The molecular weight excluding hydrogens is 682 g/mol. The first-order valence-corrected chi connectivity index (χ1v) is 19.2. The van der Waals surface area contributed by atoms with Crippen molar-refractivity contribution in [2.45, 2.75) is 31.4 Å². The van der Waals surface area contributed by atoms with Gasteiger partial charge in [-0.05, 0) is 64.8 Å². The number of hydrogen-bond donors (Lipinski definition) is 5. The summed E-state index contributed by atoms with van der Waals surface area (Å²) in [4.78, 5) is 9.85. The van der Waals surface area contributed by atoms with E-state index >= 15 is 0 Å². The predicted octanol–water partition coefficient (Wildman–Crippen LogP) is 5.72. The normalized spacial score (nSPS) is 18.6. The smallest absolute Gasteiger partial charge is 0.427 e. The summed E-state index contributed by atoms with van der Waals surface area (Å²) >= 11 is 0. The van der Waals surface area contributed by atoms with Crippen molar-refractivity contribution in [1.82, 2.24) is 14.8 Å². The van der Waals surface area contributed by atoms with Crippen molar-refractivity contribution in [3.05, 3.63) is 168 Å². The molecule has 8 nitrogen and oxygen atoms in total. The van der Waals surface area contributed by atoms with E-state index in [1.165, 1.54) is 22.3 Å². The molecule has 3 atom stereocenters. The summed E-state index contributed by atoms with van der Waals surface area (Å²) < 4.78 is 0. The van der Waals surface area contributed by atoms with Gasteiger partial charge in [0.1, 0.15) is 0 Å². The molecule has 3 unspecified atom stereocenters. The Kier molecular flexibility index (Phi) is 11.2. The lowest BCUT2D eigenvalue weighted by Crippen LogP contribution is -2.39. The van der Waals surface area contributed by atoms with E-state index in [1.807, 2.05) is 48.6 Å². The Morgan fingerprint density at radius 2 is 1.33 bits per heavy atom. The minimum absolute atomic E-state index is 0.0798. The number of para-hydroxylation sites is 3. The Balaban J connectivity index is 1.12. The van der Waals surface area contributed by atoms with Gasteiger partial charge in [0.15, 0.2) is 0 Å². The highest BCUT2D eigenvalue weighted by atomic mass is 16.4. The number of fused-ring (bicyclic) bond motifs is 4. The van der Waals surface area contributed by atoms with Crippen molar-refractivity contribution < 1.29 is 20.1 Å². The largest absolute Gasteiger partial charge is 0.488 e. The molecule has 3 aliphatic rings. The van der Waals surface area contributed by atoms with Crippen LogP contribution in [0.4, 0.5) is 5.69 Å². The minimum Gasteiger partial charge on any atom is -0.427 e. The number of nitrogens with one attached hydrogen (secondary N) is 1. The first-order valence-electron chi connectivity index (χ1n) is 19.2. The van der Waals surface area contributed by atoms with Crippen LogP contribution in [-0.2, 0) is 13.1 Å². The summed E-state index contributed by atoms with van der Waals surface area (Å²) in [6.07, 6.45) is 17.3. The van der Waals surface area contributed by atoms with Crippen LogP contribution in [0.5, 0.6) is 0 Å². The fourth-order valence-corrected chi connectivity index (χ4v) is 8.48. The molecule has 4 aromatic carbocycles. The van der Waals surface area contributed by atoms with E-state index in [1.54, 1.807) is 6.07 Å². The zero-order valence-corrected chi connectivity index (χ0v) is 30.8. The molecule has 0 spiro atoms. The molecule has 0 radical (unpaired) electrons. The highest BCUT2D eigenvalue weighted by molar-refractivity contribution is 6.59. The summed E-state index contributed by atoms with van der Waals surface area (Å²) in [7, 11) is -3.02. The van der Waals surface area contributed by atoms with Gasteiger partial charge in [-0.25, -0.2) is 4.98 Å². The lowest BCUT2D eigenvalue weighted by molar-refractivity contribution is 0.210. The van der Waals surface area contributed by atoms with Gasteiger partial charge < -0.3 is 25.4 Å². The van der Waals surface area contributed by atoms with Crippen molar-refractivity contribution in [2.75, 3.05) is 31.5 Å². The quantitative estimate of drug-likeness (QED) is 0.0730. The van der Waals surface area contributed by atoms with Crippen LogP contribution in [0.2, 0.25) is 5.82 Å². The number of hydrogen-bond acceptors (Lipinski definition) is 8. The molecule has 0 fully saturated rings. The third-order valence-corrected chi connectivity index (χ3v) is 11.2. The SMILES string of the molecule is OB(O)c1ccccc1CN(CCCN(Cc1c2ccccc2nc2ccccc12)CC1C=CC=CC1B(O)O)CC1=C2C=CC=CC2Nc2ccccc21. The Bertz CT molecular complexity index is 2270. The number of allylic oxidation sites excluding steroid dienone is 5. The van der Waals surface area contributed by atoms with E-state index in [4.69, 9.17) is 4.98 Å². The first-order chi connectivity index (χ1) is 26.9. The average molecular weight is 729 g/mol. The second-order valence-corrected chi connectivity index (χ2v) is 14.8. The molecule has 1 aromatic heterocycles. The van der Waals surface area contributed by atoms with Crippen molar-refractivity contribution >= 4 is 52.8 Å². The average Bonchev–Trinajstić information content (AvgIpc) is 3.20. The highest BCUT2D eigenvalue weighted by Crippen LogP contribution is 2.37. The van der Waals surface area contributed by atoms with Gasteiger partial charge in [0.2, 0.25) is 0 Å². The van der Waals surface area contributed by atoms with Crippen molar-refractivity contribution in [1.29, 1.82) is 0 Å². The number of nitrogens with zero attached hydrogens (tertiary/aromatic N) is 3. The maximum atomic E-state index is 10.4. The molecule has 276 valence electrons. The summed E-state index contributed by atoms with van der Waals surface area (Å²) in [5, 5.41) is 47.3. The predicted molar refractivity (Wildman–Crippen MR) is 225 cm³/mol. The van der Waals surface area contributed by atoms with Crippen LogP contribution in [-0.4, -0.2) is 81.3 Å². The molecule has 1 aliphatic heterocycles. The number of pyridine rings is 1. The van der Waals surface area contributed by atoms with Gasteiger partial charge in [0, 0.05) is 60.6 Å². The molecule has 2 heterocycles. The fraction of sp³-hybridized carbons (Fsp3) is 0.222. The number of benzene rings is 4. The van der Waals surface area contributed by atoms with Crippen molar-refractivity contribution in [3.8, 4) is 0 Å². The number of rotatable bonds is 14. The number of anilines is 1. The van der Waals surface area contributed by atoms with Gasteiger partial charge >= 0.3 is 14.2 Å². The molecule has 0 saturated carbocycles. The fourth-order valence-electron chi connectivity index (χ4n) is 8.48. The molecule has 10 heteroatoms. The standard InChI is InChI=1S/C45H46B2N4O4/c52-46(53)40-20-7-1-14-32(40)28-50(30-38-34-16-3-9-22-42(34)48-43-23-10-4-17-35(38)43)26-13-27-51(29-33-15-2-8-21-41(33)47(54)55)31-39-36-18-5-11-24-44(36)49-45-25-12-6-19-37(39)45/h1-12,14-25,32,40,44,49,52-55H,13,26-31H2. The maximum Gasteiger partial charge on any atom is 0.488 e. The Morgan fingerprint density at radius 1 is 0.655 bits per heavy atom. The van der Waals surface area contributed by atoms with Gasteiger partial charge in [0.25, 0.3) is 0 Å². The van der Waals surface area contributed by atoms with E-state index in [-0.39, 0.29) is 12.0 Å². The Morgan fingerprint density at radius 3 is 2.11 bits per heavy atom. The molecule has 0 saturated heterocycles. The molecule has 55 heavy (non-hydrogen) atoms. The monoisotopic (exact) mass is 728 g/mol. The van der Waals surface area contributed by atoms with E-state index < -0.39 is 20.1 Å². The van der Waals surface area contributed by atoms with Crippen LogP contribution in [0.25, 0.3) is 27.4 Å². The van der Waals surface area contributed by atoms with Gasteiger partial charge in [-0.3, -0.25) is 9.80 Å². The second kappa shape index (κ2) is 16.8. The van der Waals surface area contributed by atoms with Crippen LogP contribution in [0, 0.1) is 5.92 Å². The van der Waals surface area contributed by atoms with Gasteiger partial charge in [-0.1, -0.05) is 127 Å². The maximum absolute atomic E-state index is 10.4. The first kappa shape index (κ1) is 36.9. The third-order valence-electron chi connectivity index (χ3n) is 11.2. The molecule has 5 N–H and O–H groups in total. The molecular formula is C45H46B2N4O4. The summed E-state index contributed by atoms with van der Waals surface area (Å²) in [5.74, 6) is -0.491. The van der Waals surface area contributed by atoms with Crippen molar-refractivity contribution in [3.63, 3.8) is 0 Å². The molecule has 0 bridgehead atoms. The van der Waals surface area contributed by atoms with Crippen LogP contribution in [0.1, 0.15) is 23.1 Å². The highest BCUT2D eigenvalue weighted by Gasteiger charge is 2.31. The third kappa shape index (κ3) is 8.16. The van der Waals surface area contributed by atoms with Crippen molar-refractivity contribution in [2.24, 2.45) is 5.92 Å². The van der Waals surface area contributed by atoms with Crippen LogP contribution in [0.15, 0.2) is 151 Å². The summed E-state index contributed by atoms with van der Waals surface area (Å²) in [5.41, 5.74) is 9.30. The molecule has 5 aromatic rings.